The maximum absolute atomic E-state index is 11.8. The Labute approximate surface area is 132 Å². The zero-order valence-electron chi connectivity index (χ0n) is 11.2. The third-order valence-corrected chi connectivity index (χ3v) is 4.06. The normalized spacial score (nSPS) is 15.7. The number of benzene rings is 1. The number of anilines is 1. The summed E-state index contributed by atoms with van der Waals surface area (Å²) in [6.07, 6.45) is 5.12. The van der Waals surface area contributed by atoms with E-state index in [1.807, 2.05) is 24.3 Å². The van der Waals surface area contributed by atoms with E-state index in [0.29, 0.717) is 0 Å². The Bertz CT molecular complexity index is 484. The molecule has 1 aliphatic carbocycles. The standard InChI is InChI=1S/C15H18INO3/c16-12-7-4-8-13(9-12)17-14(18)10-20-15(19)11-5-2-1-3-6-11/h4,7-9,11H,1-3,5-6,10H2,(H,17,18). The van der Waals surface area contributed by atoms with Gasteiger partial charge in [0.15, 0.2) is 6.61 Å². The Hall–Kier alpha value is -1.11. The summed E-state index contributed by atoms with van der Waals surface area (Å²) in [6.45, 7) is -0.208. The summed E-state index contributed by atoms with van der Waals surface area (Å²) < 4.78 is 6.13. The van der Waals surface area contributed by atoms with Crippen LogP contribution in [0, 0.1) is 9.49 Å². The fraction of sp³-hybridized carbons (Fsp3) is 0.467. The van der Waals surface area contributed by atoms with Gasteiger partial charge in [-0.15, -0.1) is 0 Å². The average molecular weight is 387 g/mol. The van der Waals surface area contributed by atoms with Crippen molar-refractivity contribution in [1.29, 1.82) is 0 Å². The molecule has 5 heteroatoms. The molecule has 2 rings (SSSR count). The van der Waals surface area contributed by atoms with E-state index in [9.17, 15) is 9.59 Å². The summed E-state index contributed by atoms with van der Waals surface area (Å²) in [5.41, 5.74) is 0.718. The monoisotopic (exact) mass is 387 g/mol. The summed E-state index contributed by atoms with van der Waals surface area (Å²) in [4.78, 5) is 23.5. The second-order valence-electron chi connectivity index (χ2n) is 5.00. The van der Waals surface area contributed by atoms with Crippen LogP contribution in [0.15, 0.2) is 24.3 Å². The molecule has 0 saturated heterocycles. The number of rotatable bonds is 4. The van der Waals surface area contributed by atoms with E-state index in [4.69, 9.17) is 4.74 Å². The zero-order chi connectivity index (χ0) is 14.4. The predicted molar refractivity (Wildman–Crippen MR) is 85.3 cm³/mol. The van der Waals surface area contributed by atoms with Crippen LogP contribution < -0.4 is 5.32 Å². The molecular weight excluding hydrogens is 369 g/mol. The first-order valence-corrected chi connectivity index (χ1v) is 7.95. The smallest absolute Gasteiger partial charge is 0.309 e. The van der Waals surface area contributed by atoms with Crippen molar-refractivity contribution in [3.63, 3.8) is 0 Å². The van der Waals surface area contributed by atoms with Crippen molar-refractivity contribution in [2.24, 2.45) is 5.92 Å². The molecule has 0 radical (unpaired) electrons. The van der Waals surface area contributed by atoms with E-state index in [2.05, 4.69) is 27.9 Å². The van der Waals surface area contributed by atoms with E-state index in [-0.39, 0.29) is 24.4 Å². The fourth-order valence-electron chi connectivity index (χ4n) is 2.36. The van der Waals surface area contributed by atoms with Gasteiger partial charge in [-0.2, -0.15) is 0 Å². The van der Waals surface area contributed by atoms with Gasteiger partial charge >= 0.3 is 5.97 Å². The number of hydrogen-bond acceptors (Lipinski definition) is 3. The molecule has 0 heterocycles. The van der Waals surface area contributed by atoms with Gasteiger partial charge in [0.1, 0.15) is 0 Å². The molecule has 0 spiro atoms. The van der Waals surface area contributed by atoms with Gasteiger partial charge in [0.2, 0.25) is 0 Å². The zero-order valence-corrected chi connectivity index (χ0v) is 13.4. The van der Waals surface area contributed by atoms with Crippen LogP contribution in [-0.4, -0.2) is 18.5 Å². The number of carbonyl (C=O) groups excluding carboxylic acids is 2. The molecule has 4 nitrogen and oxygen atoms in total. The van der Waals surface area contributed by atoms with Crippen LogP contribution in [0.25, 0.3) is 0 Å². The maximum Gasteiger partial charge on any atom is 0.309 e. The molecule has 1 aromatic carbocycles. The Morgan fingerprint density at radius 3 is 2.70 bits per heavy atom. The fourth-order valence-corrected chi connectivity index (χ4v) is 2.90. The highest BCUT2D eigenvalue weighted by molar-refractivity contribution is 14.1. The summed E-state index contributed by atoms with van der Waals surface area (Å²) in [5, 5.41) is 2.72. The van der Waals surface area contributed by atoms with E-state index in [1.165, 1.54) is 6.42 Å². The molecule has 0 aromatic heterocycles. The minimum absolute atomic E-state index is 0.0192. The van der Waals surface area contributed by atoms with Gasteiger partial charge in [-0.25, -0.2) is 0 Å². The first-order valence-electron chi connectivity index (χ1n) is 6.87. The SMILES string of the molecule is O=C(COC(=O)C1CCCCC1)Nc1cccc(I)c1. The molecule has 1 N–H and O–H groups in total. The molecule has 1 fully saturated rings. The third-order valence-electron chi connectivity index (χ3n) is 3.39. The van der Waals surface area contributed by atoms with E-state index < -0.39 is 0 Å². The molecule has 20 heavy (non-hydrogen) atoms. The molecular formula is C15H18INO3. The topological polar surface area (TPSA) is 55.4 Å². The van der Waals surface area contributed by atoms with Crippen LogP contribution in [0.1, 0.15) is 32.1 Å². The average Bonchev–Trinajstić information content (AvgIpc) is 2.46. The highest BCUT2D eigenvalue weighted by Gasteiger charge is 2.23. The number of amides is 1. The second kappa shape index (κ2) is 7.61. The maximum atomic E-state index is 11.8. The summed E-state index contributed by atoms with van der Waals surface area (Å²) in [7, 11) is 0. The second-order valence-corrected chi connectivity index (χ2v) is 6.25. The molecule has 1 aliphatic rings. The third kappa shape index (κ3) is 4.77. The number of esters is 1. The minimum Gasteiger partial charge on any atom is -0.455 e. The molecule has 1 saturated carbocycles. The Kier molecular flexibility index (Phi) is 5.82. The van der Waals surface area contributed by atoms with Gasteiger partial charge in [-0.05, 0) is 53.6 Å². The van der Waals surface area contributed by atoms with Crippen LogP contribution in [0.3, 0.4) is 0 Å². The Morgan fingerprint density at radius 2 is 2.00 bits per heavy atom. The number of carbonyl (C=O) groups is 2. The minimum atomic E-state index is -0.295. The van der Waals surface area contributed by atoms with Crippen LogP contribution in [0.2, 0.25) is 0 Å². The first-order chi connectivity index (χ1) is 9.65. The molecule has 0 unspecified atom stereocenters. The lowest BCUT2D eigenvalue weighted by Gasteiger charge is -2.19. The van der Waals surface area contributed by atoms with Gasteiger partial charge < -0.3 is 10.1 Å². The number of halogens is 1. The van der Waals surface area contributed by atoms with Crippen molar-refractivity contribution >= 4 is 40.2 Å². The van der Waals surface area contributed by atoms with Crippen molar-refractivity contribution in [1.82, 2.24) is 0 Å². The van der Waals surface area contributed by atoms with Crippen LogP contribution in [-0.2, 0) is 14.3 Å². The van der Waals surface area contributed by atoms with Crippen molar-refractivity contribution in [2.45, 2.75) is 32.1 Å². The summed E-state index contributed by atoms with van der Waals surface area (Å²) >= 11 is 2.18. The highest BCUT2D eigenvalue weighted by Crippen LogP contribution is 2.24. The molecule has 1 aromatic rings. The van der Waals surface area contributed by atoms with Gasteiger partial charge in [-0.3, -0.25) is 9.59 Å². The lowest BCUT2D eigenvalue weighted by molar-refractivity contribution is -0.152. The van der Waals surface area contributed by atoms with Crippen molar-refractivity contribution in [3.05, 3.63) is 27.8 Å². The molecule has 1 amide bonds. The lowest BCUT2D eigenvalue weighted by atomic mass is 9.89. The molecule has 108 valence electrons. The molecule has 0 bridgehead atoms. The number of hydrogen-bond donors (Lipinski definition) is 1. The summed E-state index contributed by atoms with van der Waals surface area (Å²) in [6, 6.07) is 7.48. The van der Waals surface area contributed by atoms with Gasteiger partial charge in [-0.1, -0.05) is 25.3 Å². The lowest BCUT2D eigenvalue weighted by Crippen LogP contribution is -2.26. The predicted octanol–water partition coefficient (Wildman–Crippen LogP) is 3.35. The quantitative estimate of drug-likeness (QED) is 0.637. The number of nitrogens with one attached hydrogen (secondary N) is 1. The van der Waals surface area contributed by atoms with Gasteiger partial charge in [0.25, 0.3) is 5.91 Å². The molecule has 0 aliphatic heterocycles. The highest BCUT2D eigenvalue weighted by atomic mass is 127. The Balaban J connectivity index is 1.75. The van der Waals surface area contributed by atoms with Gasteiger partial charge in [0.05, 0.1) is 5.92 Å². The van der Waals surface area contributed by atoms with E-state index in [1.54, 1.807) is 0 Å². The largest absolute Gasteiger partial charge is 0.455 e. The van der Waals surface area contributed by atoms with Gasteiger partial charge in [0, 0.05) is 9.26 Å². The van der Waals surface area contributed by atoms with E-state index >= 15 is 0 Å². The first kappa shape index (κ1) is 15.3. The molecule has 0 atom stereocenters. The van der Waals surface area contributed by atoms with Crippen LogP contribution >= 0.6 is 22.6 Å². The van der Waals surface area contributed by atoms with Crippen molar-refractivity contribution < 1.29 is 14.3 Å². The van der Waals surface area contributed by atoms with E-state index in [0.717, 1.165) is 34.9 Å². The Morgan fingerprint density at radius 1 is 1.25 bits per heavy atom. The van der Waals surface area contributed by atoms with Crippen LogP contribution in [0.4, 0.5) is 5.69 Å². The van der Waals surface area contributed by atoms with Crippen molar-refractivity contribution in [3.8, 4) is 0 Å². The summed E-state index contributed by atoms with van der Waals surface area (Å²) in [5.74, 6) is -0.548. The van der Waals surface area contributed by atoms with Crippen LogP contribution in [0.5, 0.6) is 0 Å². The van der Waals surface area contributed by atoms with Crippen molar-refractivity contribution in [2.75, 3.05) is 11.9 Å². The number of ether oxygens (including phenoxy) is 1.